The van der Waals surface area contributed by atoms with Crippen molar-refractivity contribution in [2.45, 2.75) is 24.3 Å². The topological polar surface area (TPSA) is 56.7 Å². The van der Waals surface area contributed by atoms with Crippen LogP contribution in [0, 0.1) is 5.82 Å². The summed E-state index contributed by atoms with van der Waals surface area (Å²) >= 11 is 1.48. The lowest BCUT2D eigenvalue weighted by atomic mass is 10.2. The third-order valence-electron chi connectivity index (χ3n) is 2.33. The average Bonchev–Trinajstić information content (AvgIpc) is 2.69. The van der Waals surface area contributed by atoms with E-state index in [4.69, 9.17) is 5.84 Å². The van der Waals surface area contributed by atoms with Crippen LogP contribution in [0.5, 0.6) is 0 Å². The van der Waals surface area contributed by atoms with Gasteiger partial charge in [-0.15, -0.1) is 10.2 Å². The highest BCUT2D eigenvalue weighted by Crippen LogP contribution is 2.20. The SMILES string of the molecule is CCc1nnc(SCc2ccc(F)cc2)n1N. The second-order valence-electron chi connectivity index (χ2n) is 3.54. The van der Waals surface area contributed by atoms with Gasteiger partial charge in [-0.1, -0.05) is 30.8 Å². The van der Waals surface area contributed by atoms with Gasteiger partial charge in [0, 0.05) is 12.2 Å². The van der Waals surface area contributed by atoms with Gasteiger partial charge in [0.2, 0.25) is 5.16 Å². The third-order valence-corrected chi connectivity index (χ3v) is 3.35. The van der Waals surface area contributed by atoms with E-state index < -0.39 is 0 Å². The minimum absolute atomic E-state index is 0.228. The van der Waals surface area contributed by atoms with Crippen molar-refractivity contribution in [3.8, 4) is 0 Å². The molecule has 1 aromatic heterocycles. The van der Waals surface area contributed by atoms with Gasteiger partial charge in [-0.05, 0) is 17.7 Å². The molecule has 6 heteroatoms. The zero-order chi connectivity index (χ0) is 12.3. The lowest BCUT2D eigenvalue weighted by Crippen LogP contribution is -2.13. The van der Waals surface area contributed by atoms with E-state index in [2.05, 4.69) is 10.2 Å². The van der Waals surface area contributed by atoms with Crippen molar-refractivity contribution in [1.29, 1.82) is 0 Å². The van der Waals surface area contributed by atoms with Gasteiger partial charge in [0.15, 0.2) is 5.82 Å². The monoisotopic (exact) mass is 252 g/mol. The normalized spacial score (nSPS) is 10.7. The van der Waals surface area contributed by atoms with E-state index in [1.54, 1.807) is 12.1 Å². The first-order valence-corrected chi connectivity index (χ1v) is 6.26. The Bertz CT molecular complexity index is 495. The van der Waals surface area contributed by atoms with Crippen LogP contribution in [0.3, 0.4) is 0 Å². The first-order valence-electron chi connectivity index (χ1n) is 5.27. The molecule has 0 fully saturated rings. The van der Waals surface area contributed by atoms with E-state index in [9.17, 15) is 4.39 Å². The molecule has 2 N–H and O–H groups in total. The molecule has 0 aliphatic heterocycles. The minimum atomic E-state index is -0.228. The number of aromatic nitrogens is 3. The van der Waals surface area contributed by atoms with Crippen molar-refractivity contribution in [2.75, 3.05) is 5.84 Å². The van der Waals surface area contributed by atoms with Crippen LogP contribution in [0.15, 0.2) is 29.4 Å². The van der Waals surface area contributed by atoms with Crippen LogP contribution in [-0.2, 0) is 12.2 Å². The molecule has 0 atom stereocenters. The van der Waals surface area contributed by atoms with E-state index >= 15 is 0 Å². The fourth-order valence-corrected chi connectivity index (χ4v) is 2.21. The second kappa shape index (κ2) is 5.18. The quantitative estimate of drug-likeness (QED) is 0.668. The number of halogens is 1. The summed E-state index contributed by atoms with van der Waals surface area (Å²) in [5.74, 6) is 7.04. The van der Waals surface area contributed by atoms with Gasteiger partial charge in [-0.2, -0.15) is 0 Å². The molecule has 0 radical (unpaired) electrons. The Kier molecular flexibility index (Phi) is 3.63. The van der Waals surface area contributed by atoms with Gasteiger partial charge in [0.05, 0.1) is 0 Å². The van der Waals surface area contributed by atoms with Crippen LogP contribution in [-0.4, -0.2) is 14.9 Å². The Morgan fingerprint density at radius 1 is 1.29 bits per heavy atom. The smallest absolute Gasteiger partial charge is 0.210 e. The number of rotatable bonds is 4. The van der Waals surface area contributed by atoms with Crippen molar-refractivity contribution < 1.29 is 4.39 Å². The predicted molar refractivity (Wildman–Crippen MR) is 65.5 cm³/mol. The maximum atomic E-state index is 12.7. The minimum Gasteiger partial charge on any atom is -0.336 e. The second-order valence-corrected chi connectivity index (χ2v) is 4.48. The van der Waals surface area contributed by atoms with Crippen LogP contribution in [0.4, 0.5) is 4.39 Å². The van der Waals surface area contributed by atoms with Gasteiger partial charge >= 0.3 is 0 Å². The molecule has 0 saturated carbocycles. The molecule has 0 spiro atoms. The number of nitrogens with two attached hydrogens (primary N) is 1. The maximum absolute atomic E-state index is 12.7. The summed E-state index contributed by atoms with van der Waals surface area (Å²) in [6, 6.07) is 6.39. The number of thioether (sulfide) groups is 1. The number of hydrogen-bond donors (Lipinski definition) is 1. The number of aryl methyl sites for hydroxylation is 1. The fourth-order valence-electron chi connectivity index (χ4n) is 1.38. The van der Waals surface area contributed by atoms with Crippen molar-refractivity contribution in [1.82, 2.24) is 14.9 Å². The lowest BCUT2D eigenvalue weighted by Gasteiger charge is -2.02. The van der Waals surface area contributed by atoms with Crippen LogP contribution >= 0.6 is 11.8 Å². The zero-order valence-corrected chi connectivity index (χ0v) is 10.2. The molecule has 1 aromatic carbocycles. The Balaban J connectivity index is 2.02. The maximum Gasteiger partial charge on any atom is 0.210 e. The van der Waals surface area contributed by atoms with Crippen LogP contribution < -0.4 is 5.84 Å². The zero-order valence-electron chi connectivity index (χ0n) is 9.43. The van der Waals surface area contributed by atoms with Crippen molar-refractivity contribution in [3.05, 3.63) is 41.5 Å². The Labute approximate surface area is 103 Å². The fraction of sp³-hybridized carbons (Fsp3) is 0.273. The van der Waals surface area contributed by atoms with Gasteiger partial charge in [0.25, 0.3) is 0 Å². The molecule has 0 bridgehead atoms. The molecule has 90 valence electrons. The van der Waals surface area contributed by atoms with Crippen molar-refractivity contribution in [2.24, 2.45) is 0 Å². The number of hydrogen-bond acceptors (Lipinski definition) is 4. The number of nitrogen functional groups attached to an aromatic ring is 1. The van der Waals surface area contributed by atoms with Crippen LogP contribution in [0.2, 0.25) is 0 Å². The molecule has 2 rings (SSSR count). The van der Waals surface area contributed by atoms with Crippen LogP contribution in [0.25, 0.3) is 0 Å². The summed E-state index contributed by atoms with van der Waals surface area (Å²) in [6.45, 7) is 1.97. The summed E-state index contributed by atoms with van der Waals surface area (Å²) in [6.07, 6.45) is 0.751. The first-order chi connectivity index (χ1) is 8.20. The summed E-state index contributed by atoms with van der Waals surface area (Å²) in [7, 11) is 0. The number of benzene rings is 1. The van der Waals surface area contributed by atoms with Gasteiger partial charge in [0.1, 0.15) is 5.82 Å². The molecule has 0 aliphatic rings. The highest BCUT2D eigenvalue weighted by atomic mass is 32.2. The Hall–Kier alpha value is -1.56. The molecular weight excluding hydrogens is 239 g/mol. The number of nitrogens with zero attached hydrogens (tertiary/aromatic N) is 3. The van der Waals surface area contributed by atoms with Crippen molar-refractivity contribution >= 4 is 11.8 Å². The Morgan fingerprint density at radius 2 is 2.00 bits per heavy atom. The molecule has 1 heterocycles. The molecule has 17 heavy (non-hydrogen) atoms. The molecule has 0 saturated heterocycles. The molecular formula is C11H13FN4S. The molecule has 0 amide bonds. The average molecular weight is 252 g/mol. The largest absolute Gasteiger partial charge is 0.336 e. The van der Waals surface area contributed by atoms with E-state index in [0.29, 0.717) is 10.9 Å². The van der Waals surface area contributed by atoms with Gasteiger partial charge in [-0.3, -0.25) is 0 Å². The van der Waals surface area contributed by atoms with Gasteiger partial charge < -0.3 is 5.84 Å². The molecule has 0 unspecified atom stereocenters. The third kappa shape index (κ3) is 2.76. The summed E-state index contributed by atoms with van der Waals surface area (Å²) in [4.78, 5) is 0. The first kappa shape index (κ1) is 11.9. The highest BCUT2D eigenvalue weighted by Gasteiger charge is 2.08. The molecule has 4 nitrogen and oxygen atoms in total. The molecule has 2 aromatic rings. The predicted octanol–water partition coefficient (Wildman–Crippen LogP) is 1.99. The standard InChI is InChI=1S/C11H13FN4S/c1-2-10-14-15-11(16(10)13)17-7-8-3-5-9(12)6-4-8/h3-6H,2,7,13H2,1H3. The van der Waals surface area contributed by atoms with E-state index in [1.165, 1.54) is 28.6 Å². The van der Waals surface area contributed by atoms with E-state index in [0.717, 1.165) is 17.8 Å². The van der Waals surface area contributed by atoms with Crippen molar-refractivity contribution in [3.63, 3.8) is 0 Å². The summed E-state index contributed by atoms with van der Waals surface area (Å²) in [5, 5.41) is 8.64. The summed E-state index contributed by atoms with van der Waals surface area (Å²) < 4.78 is 14.2. The molecule has 0 aliphatic carbocycles. The van der Waals surface area contributed by atoms with Gasteiger partial charge in [-0.25, -0.2) is 9.07 Å². The Morgan fingerprint density at radius 3 is 2.59 bits per heavy atom. The van der Waals surface area contributed by atoms with E-state index in [-0.39, 0.29) is 5.82 Å². The lowest BCUT2D eigenvalue weighted by molar-refractivity contribution is 0.627. The highest BCUT2D eigenvalue weighted by molar-refractivity contribution is 7.98. The summed E-state index contributed by atoms with van der Waals surface area (Å²) in [5.41, 5.74) is 1.03. The van der Waals surface area contributed by atoms with Crippen LogP contribution in [0.1, 0.15) is 18.3 Å². The van der Waals surface area contributed by atoms with E-state index in [1.807, 2.05) is 6.92 Å².